The Balaban J connectivity index is 1.42. The first-order chi connectivity index (χ1) is 13.5. The van der Waals surface area contributed by atoms with Gasteiger partial charge < -0.3 is 9.80 Å². The Hall–Kier alpha value is -1.76. The number of amides is 1. The fourth-order valence-electron chi connectivity index (χ4n) is 4.09. The van der Waals surface area contributed by atoms with Crippen LogP contribution in [0.3, 0.4) is 0 Å². The summed E-state index contributed by atoms with van der Waals surface area (Å²) in [5, 5.41) is 2.09. The molecule has 2 aromatic rings. The van der Waals surface area contributed by atoms with Crippen molar-refractivity contribution in [3.05, 3.63) is 51.0 Å². The number of thiophene rings is 1. The fraction of sp³-hybridized carbons (Fsp3) is 0.545. The highest BCUT2D eigenvalue weighted by molar-refractivity contribution is 7.10. The number of likely N-dealkylation sites (N-methyl/N-ethyl adjacent to an activating group) is 1. The van der Waals surface area contributed by atoms with E-state index in [9.17, 15) is 4.79 Å². The van der Waals surface area contributed by atoms with Crippen molar-refractivity contribution in [3.63, 3.8) is 0 Å². The fourth-order valence-corrected chi connectivity index (χ4v) is 5.20. The molecule has 28 heavy (non-hydrogen) atoms. The molecule has 5 nitrogen and oxygen atoms in total. The SMILES string of the molecule is CCc1ccc(CN2CCc3c(C(=O)N4CCN(C)C(C)C4)csc3C2)nc1. The third-order valence-corrected chi connectivity index (χ3v) is 7.20. The van der Waals surface area contributed by atoms with Crippen molar-refractivity contribution >= 4 is 17.2 Å². The van der Waals surface area contributed by atoms with Crippen molar-refractivity contribution in [2.75, 3.05) is 33.2 Å². The predicted octanol–water partition coefficient (Wildman–Crippen LogP) is 3.04. The lowest BCUT2D eigenvalue weighted by atomic mass is 10.0. The van der Waals surface area contributed by atoms with Gasteiger partial charge in [0.05, 0.1) is 11.3 Å². The van der Waals surface area contributed by atoms with E-state index in [4.69, 9.17) is 0 Å². The number of nitrogens with zero attached hydrogens (tertiary/aromatic N) is 4. The zero-order valence-electron chi connectivity index (χ0n) is 17.1. The maximum atomic E-state index is 13.1. The molecule has 2 aliphatic heterocycles. The zero-order valence-corrected chi connectivity index (χ0v) is 18.0. The molecule has 4 heterocycles. The second-order valence-corrected chi connectivity index (χ2v) is 9.07. The van der Waals surface area contributed by atoms with Gasteiger partial charge in [-0.25, -0.2) is 0 Å². The average Bonchev–Trinajstić information content (AvgIpc) is 3.13. The number of carbonyl (C=O) groups is 1. The lowest BCUT2D eigenvalue weighted by molar-refractivity contribution is 0.0571. The molecule has 0 N–H and O–H groups in total. The number of aromatic nitrogens is 1. The Bertz CT molecular complexity index is 832. The van der Waals surface area contributed by atoms with Gasteiger partial charge in [-0.1, -0.05) is 13.0 Å². The summed E-state index contributed by atoms with van der Waals surface area (Å²) in [5.74, 6) is 0.225. The van der Waals surface area contributed by atoms with Crippen LogP contribution in [-0.2, 0) is 25.9 Å². The molecular formula is C22H30N4OS. The molecule has 1 saturated heterocycles. The van der Waals surface area contributed by atoms with Crippen LogP contribution in [0, 0.1) is 0 Å². The van der Waals surface area contributed by atoms with Crippen LogP contribution in [-0.4, -0.2) is 64.9 Å². The van der Waals surface area contributed by atoms with Crippen LogP contribution in [0.5, 0.6) is 0 Å². The van der Waals surface area contributed by atoms with Gasteiger partial charge in [-0.2, -0.15) is 0 Å². The molecule has 2 aromatic heterocycles. The number of fused-ring (bicyclic) bond motifs is 1. The van der Waals surface area contributed by atoms with Gasteiger partial charge in [-0.3, -0.25) is 14.7 Å². The van der Waals surface area contributed by atoms with Crippen LogP contribution < -0.4 is 0 Å². The maximum absolute atomic E-state index is 13.1. The molecule has 0 radical (unpaired) electrons. The number of piperazine rings is 1. The monoisotopic (exact) mass is 398 g/mol. The number of rotatable bonds is 4. The minimum atomic E-state index is 0.225. The van der Waals surface area contributed by atoms with E-state index in [2.05, 4.69) is 53.2 Å². The Morgan fingerprint density at radius 3 is 2.86 bits per heavy atom. The Morgan fingerprint density at radius 2 is 2.14 bits per heavy atom. The smallest absolute Gasteiger partial charge is 0.255 e. The second kappa shape index (κ2) is 8.31. The van der Waals surface area contributed by atoms with Gasteiger partial charge in [0.2, 0.25) is 0 Å². The van der Waals surface area contributed by atoms with Crippen molar-refractivity contribution in [3.8, 4) is 0 Å². The van der Waals surface area contributed by atoms with Gasteiger partial charge in [-0.15, -0.1) is 11.3 Å². The molecule has 0 bridgehead atoms. The summed E-state index contributed by atoms with van der Waals surface area (Å²) in [6, 6.07) is 4.75. The third-order valence-electron chi connectivity index (χ3n) is 6.18. The Morgan fingerprint density at radius 1 is 1.29 bits per heavy atom. The number of hydrogen-bond acceptors (Lipinski definition) is 5. The normalized spacial score (nSPS) is 21.0. The lowest BCUT2D eigenvalue weighted by Gasteiger charge is -2.38. The van der Waals surface area contributed by atoms with E-state index in [0.29, 0.717) is 6.04 Å². The molecule has 0 spiro atoms. The van der Waals surface area contributed by atoms with Gasteiger partial charge in [0.25, 0.3) is 5.91 Å². The van der Waals surface area contributed by atoms with Gasteiger partial charge >= 0.3 is 0 Å². The van der Waals surface area contributed by atoms with Crippen molar-refractivity contribution < 1.29 is 4.79 Å². The summed E-state index contributed by atoms with van der Waals surface area (Å²) in [4.78, 5) is 25.9. The Labute approximate surface area is 172 Å². The lowest BCUT2D eigenvalue weighted by Crippen LogP contribution is -2.52. The molecule has 1 amide bonds. The molecule has 2 aliphatic rings. The molecule has 0 aliphatic carbocycles. The zero-order chi connectivity index (χ0) is 19.7. The second-order valence-electron chi connectivity index (χ2n) is 8.10. The molecule has 1 unspecified atom stereocenters. The van der Waals surface area contributed by atoms with Crippen LogP contribution in [0.1, 0.15) is 45.9 Å². The van der Waals surface area contributed by atoms with E-state index in [1.54, 1.807) is 11.3 Å². The number of aryl methyl sites for hydroxylation is 1. The molecule has 4 rings (SSSR count). The van der Waals surface area contributed by atoms with Gasteiger partial charge in [0, 0.05) is 61.8 Å². The number of carbonyl (C=O) groups excluding carboxylic acids is 1. The van der Waals surface area contributed by atoms with Crippen molar-refractivity contribution in [1.82, 2.24) is 19.7 Å². The highest BCUT2D eigenvalue weighted by Gasteiger charge is 2.29. The van der Waals surface area contributed by atoms with E-state index in [1.807, 2.05) is 11.1 Å². The first-order valence-corrected chi connectivity index (χ1v) is 11.2. The van der Waals surface area contributed by atoms with Crippen LogP contribution >= 0.6 is 11.3 Å². The summed E-state index contributed by atoms with van der Waals surface area (Å²) in [5.41, 5.74) is 4.64. The van der Waals surface area contributed by atoms with Crippen molar-refractivity contribution in [1.29, 1.82) is 0 Å². The summed E-state index contributed by atoms with van der Waals surface area (Å²) in [6.07, 6.45) is 3.97. The molecule has 6 heteroatoms. The van der Waals surface area contributed by atoms with E-state index >= 15 is 0 Å². The van der Waals surface area contributed by atoms with E-state index in [1.165, 1.54) is 16.0 Å². The van der Waals surface area contributed by atoms with Crippen LogP contribution in [0.15, 0.2) is 23.7 Å². The molecular weight excluding hydrogens is 368 g/mol. The van der Waals surface area contributed by atoms with Crippen molar-refractivity contribution in [2.24, 2.45) is 0 Å². The quantitative estimate of drug-likeness (QED) is 0.794. The highest BCUT2D eigenvalue weighted by Crippen LogP contribution is 2.30. The Kier molecular flexibility index (Phi) is 5.80. The van der Waals surface area contributed by atoms with Crippen LogP contribution in [0.2, 0.25) is 0 Å². The molecule has 1 atom stereocenters. The van der Waals surface area contributed by atoms with Gasteiger partial charge in [-0.05, 0) is 44.0 Å². The minimum Gasteiger partial charge on any atom is -0.336 e. The average molecular weight is 399 g/mol. The maximum Gasteiger partial charge on any atom is 0.255 e. The number of pyridine rings is 1. The minimum absolute atomic E-state index is 0.225. The standard InChI is InChI=1S/C22H30N4OS/c1-4-17-5-6-18(23-11-17)13-25-8-7-19-20(15-28-21(19)14-25)22(27)26-10-9-24(3)16(2)12-26/h5-6,11,15-16H,4,7-10,12-14H2,1-3H3. The number of hydrogen-bond donors (Lipinski definition) is 0. The predicted molar refractivity (Wildman–Crippen MR) is 114 cm³/mol. The third kappa shape index (κ3) is 4.00. The van der Waals surface area contributed by atoms with Crippen LogP contribution in [0.25, 0.3) is 0 Å². The summed E-state index contributed by atoms with van der Waals surface area (Å²) in [7, 11) is 2.14. The first-order valence-electron chi connectivity index (χ1n) is 10.3. The summed E-state index contributed by atoms with van der Waals surface area (Å²) >= 11 is 1.75. The molecule has 0 saturated carbocycles. The topological polar surface area (TPSA) is 39.7 Å². The largest absolute Gasteiger partial charge is 0.336 e. The van der Waals surface area contributed by atoms with E-state index in [0.717, 1.165) is 63.4 Å². The van der Waals surface area contributed by atoms with Crippen molar-refractivity contribution in [2.45, 2.75) is 45.8 Å². The van der Waals surface area contributed by atoms with Gasteiger partial charge in [0.1, 0.15) is 0 Å². The molecule has 1 fully saturated rings. The highest BCUT2D eigenvalue weighted by atomic mass is 32.1. The van der Waals surface area contributed by atoms with Crippen LogP contribution in [0.4, 0.5) is 0 Å². The molecule has 0 aromatic carbocycles. The summed E-state index contributed by atoms with van der Waals surface area (Å²) < 4.78 is 0. The summed E-state index contributed by atoms with van der Waals surface area (Å²) in [6.45, 7) is 9.74. The first kappa shape index (κ1) is 19.6. The van der Waals surface area contributed by atoms with E-state index < -0.39 is 0 Å². The molecule has 150 valence electrons. The van der Waals surface area contributed by atoms with E-state index in [-0.39, 0.29) is 5.91 Å². The van der Waals surface area contributed by atoms with Gasteiger partial charge in [0.15, 0.2) is 0 Å².